The molecule has 3 rings (SSSR count). The van der Waals surface area contributed by atoms with E-state index in [1.165, 1.54) is 10.4 Å². The predicted molar refractivity (Wildman–Crippen MR) is 96.9 cm³/mol. The highest BCUT2D eigenvalue weighted by Gasteiger charge is 2.22. The van der Waals surface area contributed by atoms with Gasteiger partial charge >= 0.3 is 0 Å². The molecule has 0 aliphatic carbocycles. The highest BCUT2D eigenvalue weighted by atomic mass is 32.1. The summed E-state index contributed by atoms with van der Waals surface area (Å²) in [7, 11) is 1.83. The number of anilines is 2. The summed E-state index contributed by atoms with van der Waals surface area (Å²) in [5, 5.41) is 14.6. The minimum Gasteiger partial charge on any atom is -0.395 e. The van der Waals surface area contributed by atoms with E-state index in [9.17, 15) is 5.11 Å². The van der Waals surface area contributed by atoms with Gasteiger partial charge in [-0.25, -0.2) is 4.98 Å². The molecule has 7 heteroatoms. The molecular weight excluding hydrogens is 324 g/mol. The molecule has 0 spiro atoms. The molecule has 1 fully saturated rings. The maximum Gasteiger partial charge on any atom is 0.224 e. The maximum absolute atomic E-state index is 9.49. The summed E-state index contributed by atoms with van der Waals surface area (Å²) in [6.45, 7) is 4.98. The second-order valence-corrected chi connectivity index (χ2v) is 6.96. The summed E-state index contributed by atoms with van der Waals surface area (Å²) in [6, 6.07) is 4.16. The molecule has 2 aromatic rings. The van der Waals surface area contributed by atoms with E-state index < -0.39 is 0 Å². The van der Waals surface area contributed by atoms with Gasteiger partial charge in [0.15, 0.2) is 0 Å². The van der Waals surface area contributed by atoms with E-state index in [-0.39, 0.29) is 6.61 Å². The zero-order chi connectivity index (χ0) is 16.9. The molecular formula is C17H24N4O2S. The van der Waals surface area contributed by atoms with Gasteiger partial charge in [-0.05, 0) is 30.4 Å². The quantitative estimate of drug-likeness (QED) is 0.801. The fourth-order valence-corrected chi connectivity index (χ4v) is 3.76. The Morgan fingerprint density at radius 1 is 1.46 bits per heavy atom. The first-order valence-corrected chi connectivity index (χ1v) is 9.12. The van der Waals surface area contributed by atoms with Gasteiger partial charge < -0.3 is 20.1 Å². The summed E-state index contributed by atoms with van der Waals surface area (Å²) in [5.41, 5.74) is 2.28. The van der Waals surface area contributed by atoms with Crippen LogP contribution in [0.1, 0.15) is 28.5 Å². The molecule has 1 atom stereocenters. The predicted octanol–water partition coefficient (Wildman–Crippen LogP) is 2.39. The SMILES string of the molecule is CNc1nc([C@@H]2CCOC2)cc(N(CCO)Cc2sccc2C)n1. The van der Waals surface area contributed by atoms with E-state index in [4.69, 9.17) is 4.74 Å². The van der Waals surface area contributed by atoms with Gasteiger partial charge in [0.2, 0.25) is 5.95 Å². The summed E-state index contributed by atoms with van der Waals surface area (Å²) in [4.78, 5) is 12.6. The number of aliphatic hydroxyl groups excluding tert-OH is 1. The lowest BCUT2D eigenvalue weighted by molar-refractivity contribution is 0.193. The summed E-state index contributed by atoms with van der Waals surface area (Å²) >= 11 is 1.74. The Kier molecular flexibility index (Phi) is 5.65. The third-order valence-corrected chi connectivity index (χ3v) is 5.31. The summed E-state index contributed by atoms with van der Waals surface area (Å²) in [5.74, 6) is 1.77. The number of thiophene rings is 1. The molecule has 3 heterocycles. The molecule has 1 aliphatic rings. The van der Waals surface area contributed by atoms with Crippen LogP contribution in [0.25, 0.3) is 0 Å². The van der Waals surface area contributed by atoms with Crippen LogP contribution in [0.2, 0.25) is 0 Å². The van der Waals surface area contributed by atoms with Gasteiger partial charge in [0, 0.05) is 37.1 Å². The first-order chi connectivity index (χ1) is 11.7. The maximum atomic E-state index is 9.49. The molecule has 0 bridgehead atoms. The Hall–Kier alpha value is -1.70. The Balaban J connectivity index is 1.90. The zero-order valence-corrected chi connectivity index (χ0v) is 15.0. The molecule has 1 aliphatic heterocycles. The van der Waals surface area contributed by atoms with Crippen LogP contribution in [-0.4, -0.2) is 48.5 Å². The molecule has 0 saturated carbocycles. The number of nitrogens with one attached hydrogen (secondary N) is 1. The Morgan fingerprint density at radius 2 is 2.33 bits per heavy atom. The monoisotopic (exact) mass is 348 g/mol. The third kappa shape index (κ3) is 3.85. The van der Waals surface area contributed by atoms with Crippen molar-refractivity contribution in [3.63, 3.8) is 0 Å². The van der Waals surface area contributed by atoms with Crippen molar-refractivity contribution in [3.8, 4) is 0 Å². The molecule has 0 unspecified atom stereocenters. The van der Waals surface area contributed by atoms with Gasteiger partial charge in [-0.15, -0.1) is 11.3 Å². The average Bonchev–Trinajstić information content (AvgIpc) is 3.26. The van der Waals surface area contributed by atoms with Crippen LogP contribution in [0.3, 0.4) is 0 Å². The van der Waals surface area contributed by atoms with Crippen LogP contribution in [0.4, 0.5) is 11.8 Å². The first-order valence-electron chi connectivity index (χ1n) is 8.24. The van der Waals surface area contributed by atoms with Crippen molar-refractivity contribution < 1.29 is 9.84 Å². The van der Waals surface area contributed by atoms with Crippen molar-refractivity contribution in [2.24, 2.45) is 0 Å². The van der Waals surface area contributed by atoms with Gasteiger partial charge in [-0.2, -0.15) is 4.98 Å². The molecule has 2 aromatic heterocycles. The van der Waals surface area contributed by atoms with Crippen molar-refractivity contribution in [1.82, 2.24) is 9.97 Å². The fraction of sp³-hybridized carbons (Fsp3) is 0.529. The zero-order valence-electron chi connectivity index (χ0n) is 14.2. The van der Waals surface area contributed by atoms with Gasteiger partial charge in [0.1, 0.15) is 5.82 Å². The molecule has 1 saturated heterocycles. The van der Waals surface area contributed by atoms with E-state index in [1.54, 1.807) is 11.3 Å². The number of hydrogen-bond acceptors (Lipinski definition) is 7. The van der Waals surface area contributed by atoms with Crippen LogP contribution in [-0.2, 0) is 11.3 Å². The van der Waals surface area contributed by atoms with E-state index in [0.29, 0.717) is 25.0 Å². The van der Waals surface area contributed by atoms with E-state index in [2.05, 4.69) is 38.6 Å². The van der Waals surface area contributed by atoms with Crippen molar-refractivity contribution in [2.75, 3.05) is 43.6 Å². The average molecular weight is 348 g/mol. The number of aliphatic hydroxyl groups is 1. The van der Waals surface area contributed by atoms with Gasteiger partial charge in [0.25, 0.3) is 0 Å². The van der Waals surface area contributed by atoms with Gasteiger partial charge in [-0.1, -0.05) is 0 Å². The number of rotatable bonds is 7. The van der Waals surface area contributed by atoms with Crippen LogP contribution in [0, 0.1) is 6.92 Å². The van der Waals surface area contributed by atoms with Crippen LogP contribution in [0.5, 0.6) is 0 Å². The third-order valence-electron chi connectivity index (χ3n) is 4.30. The normalized spacial score (nSPS) is 17.2. The highest BCUT2D eigenvalue weighted by molar-refractivity contribution is 7.10. The molecule has 0 amide bonds. The van der Waals surface area contributed by atoms with Crippen LogP contribution in [0.15, 0.2) is 17.5 Å². The van der Waals surface area contributed by atoms with Crippen molar-refractivity contribution >= 4 is 23.1 Å². The van der Waals surface area contributed by atoms with E-state index in [1.807, 2.05) is 13.1 Å². The topological polar surface area (TPSA) is 70.5 Å². The second-order valence-electron chi connectivity index (χ2n) is 5.96. The Labute approximate surface area is 146 Å². The van der Waals surface area contributed by atoms with Crippen molar-refractivity contribution in [3.05, 3.63) is 33.6 Å². The van der Waals surface area contributed by atoms with Crippen LogP contribution < -0.4 is 10.2 Å². The molecule has 2 N–H and O–H groups in total. The molecule has 0 aromatic carbocycles. The number of aromatic nitrogens is 2. The molecule has 0 radical (unpaired) electrons. The number of ether oxygens (including phenoxy) is 1. The highest BCUT2D eigenvalue weighted by Crippen LogP contribution is 2.28. The number of nitrogens with zero attached hydrogens (tertiary/aromatic N) is 3. The largest absolute Gasteiger partial charge is 0.395 e. The fourth-order valence-electron chi connectivity index (χ4n) is 2.84. The first kappa shape index (κ1) is 17.1. The Morgan fingerprint density at radius 3 is 2.96 bits per heavy atom. The lowest BCUT2D eigenvalue weighted by Crippen LogP contribution is -2.27. The van der Waals surface area contributed by atoms with Gasteiger partial charge in [0.05, 0.1) is 25.5 Å². The molecule has 6 nitrogen and oxygen atoms in total. The van der Waals surface area contributed by atoms with Crippen molar-refractivity contribution in [2.45, 2.75) is 25.8 Å². The van der Waals surface area contributed by atoms with Crippen molar-refractivity contribution in [1.29, 1.82) is 0 Å². The summed E-state index contributed by atoms with van der Waals surface area (Å²) in [6.07, 6.45) is 0.990. The standard InChI is InChI=1S/C17H24N4O2S/c1-12-4-8-24-15(12)10-21(5-6-22)16-9-14(13-3-7-23-11-13)19-17(18-2)20-16/h4,8-9,13,22H,3,5-7,10-11H2,1-2H3,(H,18,19,20)/t13-/m1/s1. The smallest absolute Gasteiger partial charge is 0.224 e. The molecule has 24 heavy (non-hydrogen) atoms. The lowest BCUT2D eigenvalue weighted by Gasteiger charge is -2.24. The van der Waals surface area contributed by atoms with Gasteiger partial charge in [-0.3, -0.25) is 0 Å². The molecule has 130 valence electrons. The van der Waals surface area contributed by atoms with E-state index >= 15 is 0 Å². The number of hydrogen-bond donors (Lipinski definition) is 2. The minimum atomic E-state index is 0.0885. The Bertz CT molecular complexity index is 670. The lowest BCUT2D eigenvalue weighted by atomic mass is 10.0. The number of aryl methyl sites for hydroxylation is 1. The minimum absolute atomic E-state index is 0.0885. The van der Waals surface area contributed by atoms with E-state index in [0.717, 1.165) is 31.1 Å². The van der Waals surface area contributed by atoms with Crippen LogP contribution >= 0.6 is 11.3 Å². The summed E-state index contributed by atoms with van der Waals surface area (Å²) < 4.78 is 5.50. The second kappa shape index (κ2) is 7.92.